The van der Waals surface area contributed by atoms with Crippen molar-refractivity contribution in [2.24, 2.45) is 0 Å². The molecule has 0 N–H and O–H groups in total. The van der Waals surface area contributed by atoms with E-state index in [0.717, 1.165) is 15.3 Å². The van der Waals surface area contributed by atoms with E-state index in [1.807, 2.05) is 28.7 Å². The Morgan fingerprint density at radius 2 is 1.19 bits per heavy atom. The van der Waals surface area contributed by atoms with Crippen LogP contribution < -0.4 is 0 Å². The van der Waals surface area contributed by atoms with Crippen LogP contribution in [0.25, 0.3) is 40.4 Å². The third-order valence-corrected chi connectivity index (χ3v) is 10.3. The van der Waals surface area contributed by atoms with Gasteiger partial charge in [0, 0.05) is 39.7 Å². The van der Waals surface area contributed by atoms with E-state index in [2.05, 4.69) is 56.3 Å². The van der Waals surface area contributed by atoms with Gasteiger partial charge in [-0.25, -0.2) is 9.59 Å². The normalized spacial score (nSPS) is 11.0. The zero-order valence-electron chi connectivity index (χ0n) is 20.0. The number of carbonyl (C=O) groups excluding carboxylic acids is 2. The summed E-state index contributed by atoms with van der Waals surface area (Å²) in [7, 11) is 2.59. The highest BCUT2D eigenvalue weighted by Crippen LogP contribution is 2.48. The number of benzene rings is 1. The van der Waals surface area contributed by atoms with Crippen LogP contribution in [0.4, 0.5) is 0 Å². The van der Waals surface area contributed by atoms with Crippen molar-refractivity contribution in [1.82, 2.24) is 0 Å². The van der Waals surface area contributed by atoms with Crippen LogP contribution in [0.5, 0.6) is 0 Å². The molecule has 4 heterocycles. The Morgan fingerprint density at radius 3 is 1.83 bits per heavy atom. The average Bonchev–Trinajstić information content (AvgIpc) is 3.68. The average molecular weight is 551 g/mol. The van der Waals surface area contributed by atoms with E-state index < -0.39 is 11.9 Å². The molecule has 0 radical (unpaired) electrons. The van der Waals surface area contributed by atoms with E-state index in [1.165, 1.54) is 49.0 Å². The molecule has 4 nitrogen and oxygen atoms in total. The van der Waals surface area contributed by atoms with Gasteiger partial charge in [-0.3, -0.25) is 0 Å². The molecule has 4 aromatic heterocycles. The standard InChI is InChI=1S/C28H22O4S4/c1-15-5-9-22(33-15)20-14-25(36-26(20)24-10-6-16(2)34-24)23-12-11-21(35-23)17-7-8-18(27(29)31-3)19(13-17)28(30)32-4/h5-14H,1-4H3. The van der Waals surface area contributed by atoms with Gasteiger partial charge in [-0.05, 0) is 74.0 Å². The Morgan fingerprint density at radius 1 is 0.583 bits per heavy atom. The molecule has 36 heavy (non-hydrogen) atoms. The second-order valence-corrected chi connectivity index (χ2v) is 12.8. The first-order valence-corrected chi connectivity index (χ1v) is 14.3. The Hall–Kier alpha value is -3.04. The van der Waals surface area contributed by atoms with E-state index in [1.54, 1.807) is 34.8 Å². The highest BCUT2D eigenvalue weighted by molar-refractivity contribution is 7.28. The zero-order chi connectivity index (χ0) is 25.4. The number of rotatable bonds is 6. The molecule has 1 aromatic carbocycles. The van der Waals surface area contributed by atoms with Gasteiger partial charge < -0.3 is 9.47 Å². The van der Waals surface area contributed by atoms with E-state index in [0.29, 0.717) is 0 Å². The molecule has 0 fully saturated rings. The Balaban J connectivity index is 1.56. The molecule has 0 aliphatic heterocycles. The van der Waals surface area contributed by atoms with Gasteiger partial charge in [0.1, 0.15) is 0 Å². The highest BCUT2D eigenvalue weighted by Gasteiger charge is 2.21. The maximum atomic E-state index is 12.4. The van der Waals surface area contributed by atoms with Crippen LogP contribution in [0.1, 0.15) is 30.5 Å². The summed E-state index contributed by atoms with van der Waals surface area (Å²) in [6.07, 6.45) is 0. The fourth-order valence-corrected chi connectivity index (χ4v) is 8.11. The molecular weight excluding hydrogens is 529 g/mol. The lowest BCUT2D eigenvalue weighted by molar-refractivity contribution is 0.0555. The summed E-state index contributed by atoms with van der Waals surface area (Å²) in [5, 5.41) is 0. The van der Waals surface area contributed by atoms with Gasteiger partial charge in [0.2, 0.25) is 0 Å². The van der Waals surface area contributed by atoms with Crippen molar-refractivity contribution in [2.75, 3.05) is 14.2 Å². The summed E-state index contributed by atoms with van der Waals surface area (Å²) in [5.74, 6) is -1.14. The number of hydrogen-bond donors (Lipinski definition) is 0. The van der Waals surface area contributed by atoms with Crippen molar-refractivity contribution >= 4 is 57.3 Å². The molecule has 0 aliphatic rings. The number of thiophene rings is 4. The van der Waals surface area contributed by atoms with E-state index in [9.17, 15) is 9.59 Å². The largest absolute Gasteiger partial charge is 0.465 e. The molecule has 5 aromatic rings. The van der Waals surface area contributed by atoms with Crippen LogP contribution in [0.15, 0.2) is 60.7 Å². The van der Waals surface area contributed by atoms with Gasteiger partial charge in [0.05, 0.1) is 30.2 Å². The molecule has 8 heteroatoms. The van der Waals surface area contributed by atoms with Crippen molar-refractivity contribution in [1.29, 1.82) is 0 Å². The quantitative estimate of drug-likeness (QED) is 0.198. The predicted octanol–water partition coefficient (Wildman–Crippen LogP) is 8.79. The van der Waals surface area contributed by atoms with Gasteiger partial charge in [0.15, 0.2) is 0 Å². The summed E-state index contributed by atoms with van der Waals surface area (Å²) in [6, 6.07) is 20.4. The maximum Gasteiger partial charge on any atom is 0.338 e. The first-order valence-electron chi connectivity index (χ1n) is 11.1. The number of esters is 2. The third kappa shape index (κ3) is 4.69. The van der Waals surface area contributed by atoms with Gasteiger partial charge >= 0.3 is 11.9 Å². The molecule has 0 spiro atoms. The zero-order valence-corrected chi connectivity index (χ0v) is 23.3. The van der Waals surface area contributed by atoms with Crippen molar-refractivity contribution in [3.8, 4) is 40.4 Å². The molecule has 0 unspecified atom stereocenters. The predicted molar refractivity (Wildman–Crippen MR) is 152 cm³/mol. The van der Waals surface area contributed by atoms with Crippen molar-refractivity contribution in [3.63, 3.8) is 0 Å². The monoisotopic (exact) mass is 550 g/mol. The summed E-state index contributed by atoms with van der Waals surface area (Å²) >= 11 is 7.09. The highest BCUT2D eigenvalue weighted by atomic mass is 32.1. The summed E-state index contributed by atoms with van der Waals surface area (Å²) < 4.78 is 9.73. The van der Waals surface area contributed by atoms with E-state index in [4.69, 9.17) is 9.47 Å². The Bertz CT molecular complexity index is 1520. The van der Waals surface area contributed by atoms with E-state index in [-0.39, 0.29) is 11.1 Å². The summed E-state index contributed by atoms with van der Waals surface area (Å²) in [5.41, 5.74) is 2.49. The molecule has 0 bridgehead atoms. The Kier molecular flexibility index (Phi) is 6.94. The fraction of sp³-hybridized carbons (Fsp3) is 0.143. The Labute approximate surface area is 225 Å². The number of aryl methyl sites for hydroxylation is 2. The summed E-state index contributed by atoms with van der Waals surface area (Å²) in [4.78, 5) is 34.3. The van der Waals surface area contributed by atoms with Crippen LogP contribution in [0.2, 0.25) is 0 Å². The topological polar surface area (TPSA) is 52.6 Å². The molecule has 0 amide bonds. The van der Waals surface area contributed by atoms with Gasteiger partial charge in [-0.15, -0.1) is 45.3 Å². The first-order chi connectivity index (χ1) is 17.4. The number of methoxy groups -OCH3 is 2. The molecule has 0 saturated heterocycles. The second kappa shape index (κ2) is 10.1. The number of ether oxygens (including phenoxy) is 2. The molecule has 0 aliphatic carbocycles. The molecule has 0 atom stereocenters. The van der Waals surface area contributed by atoms with Gasteiger partial charge in [-0.2, -0.15) is 0 Å². The molecule has 0 saturated carbocycles. The number of hydrogen-bond acceptors (Lipinski definition) is 8. The fourth-order valence-electron chi connectivity index (χ4n) is 3.90. The first kappa shape index (κ1) is 24.6. The van der Waals surface area contributed by atoms with Gasteiger partial charge in [-0.1, -0.05) is 6.07 Å². The minimum atomic E-state index is -0.570. The minimum absolute atomic E-state index is 0.190. The van der Waals surface area contributed by atoms with Crippen LogP contribution in [-0.2, 0) is 9.47 Å². The van der Waals surface area contributed by atoms with E-state index >= 15 is 0 Å². The molecular formula is C28H22O4S4. The maximum absolute atomic E-state index is 12.4. The minimum Gasteiger partial charge on any atom is -0.465 e. The lowest BCUT2D eigenvalue weighted by Gasteiger charge is -2.08. The second-order valence-electron chi connectivity index (χ2n) is 8.08. The van der Waals surface area contributed by atoms with Crippen LogP contribution >= 0.6 is 45.3 Å². The lowest BCUT2D eigenvalue weighted by atomic mass is 10.0. The van der Waals surface area contributed by atoms with Crippen LogP contribution in [0, 0.1) is 13.8 Å². The van der Waals surface area contributed by atoms with Crippen molar-refractivity contribution < 1.29 is 19.1 Å². The van der Waals surface area contributed by atoms with Gasteiger partial charge in [0.25, 0.3) is 0 Å². The SMILES string of the molecule is COC(=O)c1ccc(-c2ccc(-c3cc(-c4ccc(C)s4)c(-c4ccc(C)s4)s3)s2)cc1C(=O)OC. The number of carbonyl (C=O) groups is 2. The van der Waals surface area contributed by atoms with Crippen molar-refractivity contribution in [3.05, 3.63) is 81.5 Å². The molecule has 5 rings (SSSR count). The third-order valence-electron chi connectivity index (χ3n) is 5.67. The van der Waals surface area contributed by atoms with Crippen molar-refractivity contribution in [2.45, 2.75) is 13.8 Å². The summed E-state index contributed by atoms with van der Waals surface area (Å²) in [6.45, 7) is 4.27. The molecule has 182 valence electrons. The smallest absolute Gasteiger partial charge is 0.338 e. The van der Waals surface area contributed by atoms with Crippen LogP contribution in [-0.4, -0.2) is 26.2 Å². The lowest BCUT2D eigenvalue weighted by Crippen LogP contribution is -2.11. The van der Waals surface area contributed by atoms with Crippen LogP contribution in [0.3, 0.4) is 0 Å².